The van der Waals surface area contributed by atoms with Gasteiger partial charge in [-0.2, -0.15) is 0 Å². The van der Waals surface area contributed by atoms with Crippen molar-refractivity contribution in [3.05, 3.63) is 57.0 Å². The summed E-state index contributed by atoms with van der Waals surface area (Å²) in [5, 5.41) is 3.94. The van der Waals surface area contributed by atoms with Gasteiger partial charge < -0.3 is 10.1 Å². The lowest BCUT2D eigenvalue weighted by Crippen LogP contribution is -2.20. The summed E-state index contributed by atoms with van der Waals surface area (Å²) in [6.07, 6.45) is 0. The number of aryl methyl sites for hydroxylation is 1. The highest BCUT2D eigenvalue weighted by atomic mass is 35.5. The number of benzene rings is 2. The van der Waals surface area contributed by atoms with E-state index in [1.165, 1.54) is 0 Å². The summed E-state index contributed by atoms with van der Waals surface area (Å²) in [5.41, 5.74) is 1.55. The minimum Gasteiger partial charge on any atom is -0.482 e. The van der Waals surface area contributed by atoms with Crippen LogP contribution in [-0.2, 0) is 4.79 Å². The van der Waals surface area contributed by atoms with Gasteiger partial charge >= 0.3 is 0 Å². The Morgan fingerprint density at radius 2 is 1.90 bits per heavy atom. The van der Waals surface area contributed by atoms with E-state index in [-0.39, 0.29) is 17.5 Å². The second kappa shape index (κ2) is 7.03. The number of rotatable bonds is 4. The van der Waals surface area contributed by atoms with Crippen LogP contribution in [0, 0.1) is 6.92 Å². The maximum Gasteiger partial charge on any atom is 0.262 e. The zero-order valence-electron chi connectivity index (χ0n) is 11.1. The second-order valence-corrected chi connectivity index (χ2v) is 5.55. The first kappa shape index (κ1) is 16.0. The molecule has 1 amide bonds. The molecule has 0 aromatic heterocycles. The number of hydrogen-bond acceptors (Lipinski definition) is 2. The highest BCUT2D eigenvalue weighted by Gasteiger charge is 2.09. The van der Waals surface area contributed by atoms with Gasteiger partial charge in [0.25, 0.3) is 5.91 Å². The van der Waals surface area contributed by atoms with Gasteiger partial charge in [-0.25, -0.2) is 0 Å². The predicted molar refractivity (Wildman–Crippen MR) is 86.8 cm³/mol. The van der Waals surface area contributed by atoms with Crippen LogP contribution in [0.3, 0.4) is 0 Å². The van der Waals surface area contributed by atoms with Crippen LogP contribution >= 0.6 is 34.8 Å². The monoisotopic (exact) mass is 343 g/mol. The SMILES string of the molecule is Cc1ccc(NC(=O)COc2cccc(Cl)c2Cl)cc1Cl. The molecule has 0 unspecified atom stereocenters. The van der Waals surface area contributed by atoms with E-state index in [1.54, 1.807) is 30.3 Å². The lowest BCUT2D eigenvalue weighted by atomic mass is 10.2. The first-order valence-electron chi connectivity index (χ1n) is 6.10. The third kappa shape index (κ3) is 4.27. The zero-order chi connectivity index (χ0) is 15.4. The standard InChI is InChI=1S/C15H12Cl3NO2/c1-9-5-6-10(7-12(9)17)19-14(20)8-21-13-4-2-3-11(16)15(13)18/h2-7H,8H2,1H3,(H,19,20). The highest BCUT2D eigenvalue weighted by Crippen LogP contribution is 2.31. The zero-order valence-corrected chi connectivity index (χ0v) is 13.4. The smallest absolute Gasteiger partial charge is 0.262 e. The third-order valence-corrected chi connectivity index (χ3v) is 3.94. The van der Waals surface area contributed by atoms with Crippen LogP contribution in [0.25, 0.3) is 0 Å². The number of carbonyl (C=O) groups excluding carboxylic acids is 1. The fourth-order valence-corrected chi connectivity index (χ4v) is 2.13. The molecule has 0 bridgehead atoms. The number of anilines is 1. The molecule has 0 saturated heterocycles. The lowest BCUT2D eigenvalue weighted by molar-refractivity contribution is -0.118. The number of amides is 1. The van der Waals surface area contributed by atoms with Gasteiger partial charge in [0.05, 0.1) is 5.02 Å². The van der Waals surface area contributed by atoms with Crippen molar-refractivity contribution in [2.24, 2.45) is 0 Å². The maximum absolute atomic E-state index is 11.8. The molecule has 0 fully saturated rings. The summed E-state index contributed by atoms with van der Waals surface area (Å²) in [4.78, 5) is 11.8. The van der Waals surface area contributed by atoms with Crippen LogP contribution < -0.4 is 10.1 Å². The van der Waals surface area contributed by atoms with Gasteiger partial charge in [0, 0.05) is 10.7 Å². The number of halogens is 3. The van der Waals surface area contributed by atoms with Gasteiger partial charge in [-0.3, -0.25) is 4.79 Å². The van der Waals surface area contributed by atoms with Crippen LogP contribution in [0.4, 0.5) is 5.69 Å². The molecule has 2 aromatic carbocycles. The highest BCUT2D eigenvalue weighted by molar-refractivity contribution is 6.42. The van der Waals surface area contributed by atoms with Gasteiger partial charge in [-0.05, 0) is 36.8 Å². The van der Waals surface area contributed by atoms with Gasteiger partial charge in [0.2, 0.25) is 0 Å². The first-order valence-corrected chi connectivity index (χ1v) is 7.23. The summed E-state index contributed by atoms with van der Waals surface area (Å²) in [6.45, 7) is 1.71. The largest absolute Gasteiger partial charge is 0.482 e. The summed E-state index contributed by atoms with van der Waals surface area (Å²) in [6, 6.07) is 10.3. The van der Waals surface area contributed by atoms with Crippen molar-refractivity contribution in [1.82, 2.24) is 0 Å². The Hall–Kier alpha value is -1.42. The van der Waals surface area contributed by atoms with Crippen molar-refractivity contribution in [1.29, 1.82) is 0 Å². The quantitative estimate of drug-likeness (QED) is 0.850. The molecule has 2 aromatic rings. The molecule has 2 rings (SSSR count). The number of nitrogens with one attached hydrogen (secondary N) is 1. The molecule has 0 heterocycles. The Balaban J connectivity index is 1.96. The molecule has 0 aliphatic heterocycles. The topological polar surface area (TPSA) is 38.3 Å². The molecule has 0 atom stereocenters. The van der Waals surface area contributed by atoms with Crippen molar-refractivity contribution in [3.63, 3.8) is 0 Å². The lowest BCUT2D eigenvalue weighted by Gasteiger charge is -2.10. The molecular weight excluding hydrogens is 333 g/mol. The van der Waals surface area contributed by atoms with Crippen LogP contribution in [0.5, 0.6) is 5.75 Å². The molecule has 0 saturated carbocycles. The van der Waals surface area contributed by atoms with Gasteiger partial charge in [0.15, 0.2) is 6.61 Å². The fraction of sp³-hybridized carbons (Fsp3) is 0.133. The summed E-state index contributed by atoms with van der Waals surface area (Å²) in [5.74, 6) is 0.0483. The molecule has 6 heteroatoms. The van der Waals surface area contributed by atoms with Crippen molar-refractivity contribution in [2.75, 3.05) is 11.9 Å². The van der Waals surface area contributed by atoms with Crippen molar-refractivity contribution in [3.8, 4) is 5.75 Å². The van der Waals surface area contributed by atoms with E-state index in [4.69, 9.17) is 39.5 Å². The maximum atomic E-state index is 11.8. The van der Waals surface area contributed by atoms with Gasteiger partial charge in [0.1, 0.15) is 10.8 Å². The minimum atomic E-state index is -0.314. The Morgan fingerprint density at radius 1 is 1.14 bits per heavy atom. The molecule has 0 aliphatic carbocycles. The summed E-state index contributed by atoms with van der Waals surface area (Å²) >= 11 is 17.8. The van der Waals surface area contributed by atoms with E-state index >= 15 is 0 Å². The number of hydrogen-bond donors (Lipinski definition) is 1. The predicted octanol–water partition coefficient (Wildman–Crippen LogP) is 4.97. The molecule has 3 nitrogen and oxygen atoms in total. The van der Waals surface area contributed by atoms with E-state index in [1.807, 2.05) is 13.0 Å². The summed E-state index contributed by atoms with van der Waals surface area (Å²) in [7, 11) is 0. The number of carbonyl (C=O) groups is 1. The Bertz CT molecular complexity index is 674. The Labute approximate surface area is 137 Å². The van der Waals surface area contributed by atoms with E-state index in [0.717, 1.165) is 5.56 Å². The Morgan fingerprint density at radius 3 is 2.62 bits per heavy atom. The molecule has 0 spiro atoms. The third-order valence-electron chi connectivity index (χ3n) is 2.73. The van der Waals surface area contributed by atoms with Crippen LogP contribution in [-0.4, -0.2) is 12.5 Å². The van der Waals surface area contributed by atoms with Crippen molar-refractivity contribution >= 4 is 46.4 Å². The number of ether oxygens (including phenoxy) is 1. The Kier molecular flexibility index (Phi) is 5.34. The molecule has 110 valence electrons. The minimum absolute atomic E-state index is 0.175. The van der Waals surface area contributed by atoms with Crippen LogP contribution in [0.1, 0.15) is 5.56 Å². The second-order valence-electron chi connectivity index (χ2n) is 4.35. The fourth-order valence-electron chi connectivity index (χ4n) is 1.61. The molecule has 21 heavy (non-hydrogen) atoms. The van der Waals surface area contributed by atoms with E-state index in [9.17, 15) is 4.79 Å². The van der Waals surface area contributed by atoms with Crippen LogP contribution in [0.2, 0.25) is 15.1 Å². The van der Waals surface area contributed by atoms with E-state index < -0.39 is 0 Å². The normalized spacial score (nSPS) is 10.3. The first-order chi connectivity index (χ1) is 9.97. The molecule has 0 radical (unpaired) electrons. The van der Waals surface area contributed by atoms with Crippen LogP contribution in [0.15, 0.2) is 36.4 Å². The average Bonchev–Trinajstić information content (AvgIpc) is 2.44. The van der Waals surface area contributed by atoms with E-state index in [0.29, 0.717) is 21.5 Å². The molecular formula is C15H12Cl3NO2. The average molecular weight is 345 g/mol. The molecule has 1 N–H and O–H groups in total. The van der Waals surface area contributed by atoms with E-state index in [2.05, 4.69) is 5.32 Å². The molecule has 0 aliphatic rings. The summed E-state index contributed by atoms with van der Waals surface area (Å²) < 4.78 is 5.34. The van der Waals surface area contributed by atoms with Crippen molar-refractivity contribution in [2.45, 2.75) is 6.92 Å². The van der Waals surface area contributed by atoms with Gasteiger partial charge in [-0.1, -0.05) is 46.9 Å². The van der Waals surface area contributed by atoms with Crippen molar-refractivity contribution < 1.29 is 9.53 Å². The van der Waals surface area contributed by atoms with Gasteiger partial charge in [-0.15, -0.1) is 0 Å².